The fourth-order valence-corrected chi connectivity index (χ4v) is 7.33. The van der Waals surface area contributed by atoms with Gasteiger partial charge in [-0.25, -0.2) is 17.2 Å². The SMILES string of the molecule is COc1ccc(S(=O)(=O)N(CC(=O)N(Cc2ccccc2F)[C@H](Cc2ccccc2)C(=O)NC2CCCCC2)c2ccc(F)cc2)cc1. The summed E-state index contributed by atoms with van der Waals surface area (Å²) in [7, 11) is -2.94. The maximum absolute atomic E-state index is 15.1. The van der Waals surface area contributed by atoms with Crippen LogP contribution < -0.4 is 14.4 Å². The van der Waals surface area contributed by atoms with Gasteiger partial charge in [-0.1, -0.05) is 67.8 Å². The molecule has 1 atom stereocenters. The number of rotatable bonds is 13. The molecule has 0 aliphatic heterocycles. The van der Waals surface area contributed by atoms with E-state index in [9.17, 15) is 22.4 Å². The van der Waals surface area contributed by atoms with E-state index in [0.717, 1.165) is 54.1 Å². The lowest BCUT2D eigenvalue weighted by molar-refractivity contribution is -0.140. The Bertz CT molecular complexity index is 1780. The van der Waals surface area contributed by atoms with E-state index in [1.54, 1.807) is 6.07 Å². The zero-order chi connectivity index (χ0) is 34.1. The zero-order valence-electron chi connectivity index (χ0n) is 26.7. The van der Waals surface area contributed by atoms with Crippen LogP contribution in [0.4, 0.5) is 14.5 Å². The molecule has 1 aliphatic rings. The minimum Gasteiger partial charge on any atom is -0.497 e. The Hall–Kier alpha value is -4.77. The number of halogens is 2. The molecule has 48 heavy (non-hydrogen) atoms. The van der Waals surface area contributed by atoms with E-state index in [2.05, 4.69) is 5.32 Å². The third-order valence-electron chi connectivity index (χ3n) is 8.56. The molecule has 4 aromatic rings. The number of hydrogen-bond donors (Lipinski definition) is 1. The van der Waals surface area contributed by atoms with Gasteiger partial charge in [-0.3, -0.25) is 13.9 Å². The number of ether oxygens (including phenoxy) is 1. The molecule has 8 nitrogen and oxygen atoms in total. The van der Waals surface area contributed by atoms with E-state index >= 15 is 4.39 Å². The van der Waals surface area contributed by atoms with Crippen molar-refractivity contribution in [3.63, 3.8) is 0 Å². The molecule has 0 unspecified atom stereocenters. The van der Waals surface area contributed by atoms with Gasteiger partial charge < -0.3 is 15.0 Å². The van der Waals surface area contributed by atoms with Gasteiger partial charge in [0, 0.05) is 24.6 Å². The summed E-state index contributed by atoms with van der Waals surface area (Å²) in [6, 6.07) is 24.4. The number of anilines is 1. The van der Waals surface area contributed by atoms with Gasteiger partial charge in [0.2, 0.25) is 11.8 Å². The summed E-state index contributed by atoms with van der Waals surface area (Å²) < 4.78 is 63.4. The van der Waals surface area contributed by atoms with Gasteiger partial charge in [0.05, 0.1) is 17.7 Å². The molecular formula is C37H39F2N3O5S. The lowest BCUT2D eigenvalue weighted by Crippen LogP contribution is -2.55. The van der Waals surface area contributed by atoms with E-state index in [0.29, 0.717) is 5.75 Å². The number of carbonyl (C=O) groups is 2. The first-order valence-corrected chi connectivity index (χ1v) is 17.4. The predicted octanol–water partition coefficient (Wildman–Crippen LogP) is 6.26. The summed E-state index contributed by atoms with van der Waals surface area (Å²) in [5.74, 6) is -1.86. The van der Waals surface area contributed by atoms with Crippen LogP contribution in [-0.2, 0) is 32.6 Å². The third-order valence-corrected chi connectivity index (χ3v) is 10.4. The summed E-state index contributed by atoms with van der Waals surface area (Å²) in [4.78, 5) is 29.8. The first-order chi connectivity index (χ1) is 23.2. The van der Waals surface area contributed by atoms with Gasteiger partial charge >= 0.3 is 0 Å². The van der Waals surface area contributed by atoms with Crippen molar-refractivity contribution in [3.8, 4) is 5.75 Å². The Balaban J connectivity index is 1.56. The van der Waals surface area contributed by atoms with Crippen molar-refractivity contribution < 1.29 is 31.5 Å². The van der Waals surface area contributed by atoms with E-state index in [1.807, 2.05) is 30.3 Å². The summed E-state index contributed by atoms with van der Waals surface area (Å²) in [6.07, 6.45) is 4.76. The maximum Gasteiger partial charge on any atom is 0.264 e. The number of nitrogens with one attached hydrogen (secondary N) is 1. The summed E-state index contributed by atoms with van der Waals surface area (Å²) in [5, 5.41) is 3.12. The van der Waals surface area contributed by atoms with Gasteiger partial charge in [-0.15, -0.1) is 0 Å². The van der Waals surface area contributed by atoms with Crippen molar-refractivity contribution in [1.29, 1.82) is 0 Å². The van der Waals surface area contributed by atoms with Crippen molar-refractivity contribution in [2.24, 2.45) is 0 Å². The van der Waals surface area contributed by atoms with E-state index in [4.69, 9.17) is 4.74 Å². The molecule has 0 aromatic heterocycles. The van der Waals surface area contributed by atoms with Crippen LogP contribution in [0.1, 0.15) is 43.2 Å². The molecule has 0 saturated heterocycles. The molecule has 5 rings (SSSR count). The van der Waals surface area contributed by atoms with Gasteiger partial charge in [0.1, 0.15) is 30.0 Å². The fraction of sp³-hybridized carbons (Fsp3) is 0.297. The largest absolute Gasteiger partial charge is 0.497 e. The smallest absolute Gasteiger partial charge is 0.264 e. The molecular weight excluding hydrogens is 636 g/mol. The van der Waals surface area contributed by atoms with E-state index in [-0.39, 0.29) is 35.2 Å². The Kier molecular flexibility index (Phi) is 11.4. The van der Waals surface area contributed by atoms with Crippen LogP contribution >= 0.6 is 0 Å². The molecule has 1 fully saturated rings. The maximum atomic E-state index is 15.1. The second-order valence-corrected chi connectivity index (χ2v) is 13.7. The van der Waals surface area contributed by atoms with Crippen molar-refractivity contribution in [2.75, 3.05) is 18.0 Å². The molecule has 0 radical (unpaired) electrons. The fourth-order valence-electron chi connectivity index (χ4n) is 5.92. The monoisotopic (exact) mass is 675 g/mol. The van der Waals surface area contributed by atoms with Crippen LogP contribution in [-0.4, -0.2) is 50.9 Å². The van der Waals surface area contributed by atoms with Gasteiger partial charge in [-0.2, -0.15) is 0 Å². The number of hydrogen-bond acceptors (Lipinski definition) is 5. The highest BCUT2D eigenvalue weighted by Crippen LogP contribution is 2.27. The molecule has 1 N–H and O–H groups in total. The summed E-state index contributed by atoms with van der Waals surface area (Å²) in [6.45, 7) is -1.03. The average Bonchev–Trinajstić information content (AvgIpc) is 3.10. The summed E-state index contributed by atoms with van der Waals surface area (Å²) in [5.41, 5.74) is 0.979. The predicted molar refractivity (Wildman–Crippen MR) is 180 cm³/mol. The highest BCUT2D eigenvalue weighted by molar-refractivity contribution is 7.92. The molecule has 0 heterocycles. The number of sulfonamides is 1. The Morgan fingerprint density at radius 1 is 0.854 bits per heavy atom. The van der Waals surface area contributed by atoms with Crippen LogP contribution in [0.15, 0.2) is 108 Å². The van der Waals surface area contributed by atoms with Crippen LogP contribution in [0.25, 0.3) is 0 Å². The minimum atomic E-state index is -4.40. The Labute approximate surface area is 280 Å². The standard InChI is InChI=1S/C37H39F2N3O5S/c1-47-32-20-22-33(23-21-32)48(45,46)42(31-18-16-29(38)17-19-31)26-36(43)41(25-28-12-8-9-15-34(28)39)35(24-27-10-4-2-5-11-27)37(44)40-30-13-6-3-7-14-30/h2,4-5,8-12,15-23,30,35H,3,6-7,13-14,24-26H2,1H3,(H,40,44)/t35-/m1/s1. The molecule has 0 spiro atoms. The molecule has 1 aliphatic carbocycles. The topological polar surface area (TPSA) is 96.0 Å². The van der Waals surface area contributed by atoms with E-state index in [1.165, 1.54) is 66.6 Å². The average molecular weight is 676 g/mol. The van der Waals surface area contributed by atoms with Gasteiger partial charge in [0.25, 0.3) is 10.0 Å². The van der Waals surface area contributed by atoms with Gasteiger partial charge in [0.15, 0.2) is 0 Å². The second-order valence-electron chi connectivity index (χ2n) is 11.8. The van der Waals surface area contributed by atoms with Crippen molar-refractivity contribution in [3.05, 3.63) is 126 Å². The Morgan fingerprint density at radius 3 is 2.15 bits per heavy atom. The number of carbonyl (C=O) groups excluding carboxylic acids is 2. The van der Waals surface area contributed by atoms with Crippen LogP contribution in [0, 0.1) is 11.6 Å². The molecule has 4 aromatic carbocycles. The number of benzene rings is 4. The molecule has 1 saturated carbocycles. The third kappa shape index (κ3) is 8.57. The van der Waals surface area contributed by atoms with Gasteiger partial charge in [-0.05, 0) is 73.0 Å². The van der Waals surface area contributed by atoms with Crippen molar-refractivity contribution >= 4 is 27.5 Å². The first-order valence-electron chi connectivity index (χ1n) is 16.0. The summed E-state index contributed by atoms with van der Waals surface area (Å²) >= 11 is 0. The minimum absolute atomic E-state index is 0.0395. The number of amides is 2. The quantitative estimate of drug-likeness (QED) is 0.181. The molecule has 2 amide bonds. The van der Waals surface area contributed by atoms with Crippen molar-refractivity contribution in [2.45, 2.75) is 62.0 Å². The molecule has 11 heteroatoms. The molecule has 252 valence electrons. The lowest BCUT2D eigenvalue weighted by atomic mass is 9.94. The highest BCUT2D eigenvalue weighted by atomic mass is 32.2. The van der Waals surface area contributed by atoms with Crippen LogP contribution in [0.2, 0.25) is 0 Å². The lowest BCUT2D eigenvalue weighted by Gasteiger charge is -2.35. The van der Waals surface area contributed by atoms with Crippen LogP contribution in [0.3, 0.4) is 0 Å². The number of nitrogens with zero attached hydrogens (tertiary/aromatic N) is 2. The first kappa shape index (κ1) is 34.6. The molecule has 0 bridgehead atoms. The Morgan fingerprint density at radius 2 is 1.50 bits per heavy atom. The van der Waals surface area contributed by atoms with Crippen LogP contribution in [0.5, 0.6) is 5.75 Å². The van der Waals surface area contributed by atoms with Crippen molar-refractivity contribution in [1.82, 2.24) is 10.2 Å². The highest BCUT2D eigenvalue weighted by Gasteiger charge is 2.36. The normalized spacial score (nSPS) is 14.1. The zero-order valence-corrected chi connectivity index (χ0v) is 27.5. The second kappa shape index (κ2) is 15.9. The number of methoxy groups -OCH3 is 1. The van der Waals surface area contributed by atoms with E-state index < -0.39 is 46.1 Å².